The van der Waals surface area contributed by atoms with Crippen LogP contribution in [0.3, 0.4) is 0 Å². The predicted molar refractivity (Wildman–Crippen MR) is 303 cm³/mol. The molecule has 25 heteroatoms. The summed E-state index contributed by atoms with van der Waals surface area (Å²) in [6.07, 6.45) is 3.18. The summed E-state index contributed by atoms with van der Waals surface area (Å²) >= 11 is 0. The molecule has 4 aromatic rings. The summed E-state index contributed by atoms with van der Waals surface area (Å²) in [6, 6.07) is 14.0. The largest absolute Gasteiger partial charge is 0.493 e. The topological polar surface area (TPSA) is 306 Å². The van der Waals surface area contributed by atoms with Gasteiger partial charge in [0.15, 0.2) is 34.5 Å². The Hall–Kier alpha value is -9.26. The van der Waals surface area contributed by atoms with Gasteiger partial charge < -0.3 is 64.7 Å². The summed E-state index contributed by atoms with van der Waals surface area (Å²) in [7, 11) is 2.99. The van der Waals surface area contributed by atoms with E-state index in [2.05, 4.69) is 45.4 Å². The molecule has 458 valence electrons. The van der Waals surface area contributed by atoms with Crippen molar-refractivity contribution in [2.24, 2.45) is 5.73 Å². The van der Waals surface area contributed by atoms with Gasteiger partial charge in [-0.1, -0.05) is 36.4 Å². The highest BCUT2D eigenvalue weighted by Crippen LogP contribution is 2.32. The molecule has 0 aliphatic heterocycles. The molecule has 1 heterocycles. The third-order valence-corrected chi connectivity index (χ3v) is 9.86. The van der Waals surface area contributed by atoms with Gasteiger partial charge in [0.2, 0.25) is 0 Å². The number of halogens is 3. The fourth-order valence-corrected chi connectivity index (χ4v) is 5.87. The zero-order chi connectivity index (χ0) is 64.1. The molecule has 6 N–H and O–H groups in total. The van der Waals surface area contributed by atoms with Crippen molar-refractivity contribution < 1.29 is 94.5 Å². The number of alkyl halides is 3. The van der Waals surface area contributed by atoms with E-state index in [0.29, 0.717) is 47.6 Å². The lowest BCUT2D eigenvalue weighted by Crippen LogP contribution is -2.43. The first-order chi connectivity index (χ1) is 39.1. The van der Waals surface area contributed by atoms with Crippen LogP contribution in [0.2, 0.25) is 0 Å². The van der Waals surface area contributed by atoms with Crippen LogP contribution < -0.4 is 50.1 Å². The number of alkyl carbamates (subject to hydrolysis) is 2. The van der Waals surface area contributed by atoms with Crippen molar-refractivity contribution in [2.45, 2.75) is 130 Å². The fraction of sp³-hybridized carbons (Fsp3) is 0.373. The van der Waals surface area contributed by atoms with Crippen molar-refractivity contribution in [3.63, 3.8) is 0 Å². The van der Waals surface area contributed by atoms with Gasteiger partial charge in [-0.25, -0.2) is 28.8 Å². The van der Waals surface area contributed by atoms with Crippen molar-refractivity contribution in [2.75, 3.05) is 14.2 Å². The van der Waals surface area contributed by atoms with Gasteiger partial charge in [-0.05, 0) is 154 Å². The highest BCUT2D eigenvalue weighted by Gasteiger charge is 2.42. The molecular formula is C59H74F3N5O17. The van der Waals surface area contributed by atoms with Gasteiger partial charge in [0.05, 0.1) is 19.8 Å². The van der Waals surface area contributed by atoms with Crippen molar-refractivity contribution in [1.29, 1.82) is 0 Å². The number of allylic oxidation sites excluding steroid dienone is 3. The Morgan fingerprint density at radius 3 is 1.30 bits per heavy atom. The molecule has 0 radical (unpaired) electrons. The van der Waals surface area contributed by atoms with Crippen LogP contribution >= 0.6 is 0 Å². The molecule has 3 amide bonds. The number of carbonyl (C=O) groups is 8. The van der Waals surface area contributed by atoms with Crippen LogP contribution in [0.1, 0.15) is 96.3 Å². The molecule has 0 spiro atoms. The van der Waals surface area contributed by atoms with E-state index in [4.69, 9.17) is 44.0 Å². The molecule has 22 nitrogen and oxygen atoms in total. The van der Waals surface area contributed by atoms with Crippen LogP contribution in [0, 0.1) is 0 Å². The number of hydrogen-bond acceptors (Lipinski definition) is 18. The number of benzene rings is 3. The maximum Gasteiger partial charge on any atom is 0.491 e. The van der Waals surface area contributed by atoms with Gasteiger partial charge in [0, 0.05) is 12.4 Å². The molecule has 0 saturated carbocycles. The predicted octanol–water partition coefficient (Wildman–Crippen LogP) is 8.90. The van der Waals surface area contributed by atoms with E-state index in [0.717, 1.165) is 17.2 Å². The third-order valence-electron chi connectivity index (χ3n) is 9.86. The number of aromatic nitrogens is 1. The number of aliphatic carboxylic acids is 1. The smallest absolute Gasteiger partial charge is 0.491 e. The Labute approximate surface area is 485 Å². The van der Waals surface area contributed by atoms with Crippen molar-refractivity contribution in [3.8, 4) is 34.5 Å². The van der Waals surface area contributed by atoms with Gasteiger partial charge in [-0.15, -0.1) is 19.7 Å². The number of pyridine rings is 1. The maximum absolute atomic E-state index is 12.3. The molecule has 4 unspecified atom stereocenters. The number of nitrogens with zero attached hydrogens (tertiary/aromatic N) is 1. The average molecular weight is 1180 g/mol. The normalized spacial score (nSPS) is 12.1. The minimum Gasteiger partial charge on any atom is -0.493 e. The Morgan fingerprint density at radius 2 is 0.952 bits per heavy atom. The molecule has 0 saturated heterocycles. The number of hydrogen-bond donors (Lipinski definition) is 5. The molecule has 84 heavy (non-hydrogen) atoms. The molecular weight excluding hydrogens is 1110 g/mol. The average Bonchev–Trinajstić information content (AvgIpc) is 3.53. The van der Waals surface area contributed by atoms with Gasteiger partial charge in [0.1, 0.15) is 35.4 Å². The van der Waals surface area contributed by atoms with Crippen LogP contribution in [0.15, 0.2) is 117 Å². The number of amides is 3. The number of carbonyl (C=O) groups excluding carboxylic acids is 7. The Bertz CT molecular complexity index is 2900. The third kappa shape index (κ3) is 28.4. The Balaban J connectivity index is 0.000000573. The first-order valence-corrected chi connectivity index (χ1v) is 25.5. The first-order valence-electron chi connectivity index (χ1n) is 25.5. The Kier molecular flexibility index (Phi) is 30.2. The summed E-state index contributed by atoms with van der Waals surface area (Å²) in [4.78, 5) is 95.7. The molecule has 0 aliphatic carbocycles. The van der Waals surface area contributed by atoms with Crippen molar-refractivity contribution >= 4 is 47.9 Å². The minimum absolute atomic E-state index is 0.285. The second kappa shape index (κ2) is 34.9. The quantitative estimate of drug-likeness (QED) is 0.0313. The van der Waals surface area contributed by atoms with E-state index in [1.807, 2.05) is 12.1 Å². The zero-order valence-corrected chi connectivity index (χ0v) is 48.9. The lowest BCUT2D eigenvalue weighted by atomic mass is 10.1. The summed E-state index contributed by atoms with van der Waals surface area (Å²) in [5.41, 5.74) is 6.93. The van der Waals surface area contributed by atoms with Crippen LogP contribution in [-0.4, -0.2) is 114 Å². The van der Waals surface area contributed by atoms with Crippen LogP contribution in [0.4, 0.5) is 22.8 Å². The van der Waals surface area contributed by atoms with E-state index in [1.165, 1.54) is 59.4 Å². The molecule has 0 bridgehead atoms. The zero-order valence-electron chi connectivity index (χ0n) is 48.9. The summed E-state index contributed by atoms with van der Waals surface area (Å²) < 4.78 is 77.0. The summed E-state index contributed by atoms with van der Waals surface area (Å²) in [6.45, 7) is 27.0. The van der Waals surface area contributed by atoms with Crippen LogP contribution in [0.5, 0.6) is 34.5 Å². The monoisotopic (exact) mass is 1180 g/mol. The summed E-state index contributed by atoms with van der Waals surface area (Å²) in [5, 5.41) is 15.6. The molecule has 0 fully saturated rings. The number of carboxylic acid groups (broad SMARTS) is 1. The van der Waals surface area contributed by atoms with E-state index < -0.39 is 95.2 Å². The van der Waals surface area contributed by atoms with Crippen molar-refractivity contribution in [1.82, 2.24) is 20.9 Å². The van der Waals surface area contributed by atoms with Crippen LogP contribution in [0.25, 0.3) is 0 Å². The number of esters is 4. The van der Waals surface area contributed by atoms with Gasteiger partial charge in [0.25, 0.3) is 5.91 Å². The number of nitrogens with one attached hydrogen (secondary N) is 3. The van der Waals surface area contributed by atoms with E-state index >= 15 is 0 Å². The van der Waals surface area contributed by atoms with E-state index in [-0.39, 0.29) is 11.5 Å². The molecule has 1 aromatic heterocycles. The number of methoxy groups -OCH3 is 2. The first kappa shape index (κ1) is 72.8. The second-order valence-corrected chi connectivity index (χ2v) is 19.7. The highest BCUT2D eigenvalue weighted by molar-refractivity contribution is 5.96. The van der Waals surface area contributed by atoms with E-state index in [9.17, 15) is 51.5 Å². The number of nitrogens with two attached hydrogens (primary N) is 1. The molecule has 0 aliphatic rings. The van der Waals surface area contributed by atoms with Gasteiger partial charge in [-0.2, -0.15) is 13.2 Å². The maximum atomic E-state index is 12.3. The number of carboxylic acids is 1. The molecule has 3 aromatic carbocycles. The Morgan fingerprint density at radius 1 is 0.571 bits per heavy atom. The minimum atomic E-state index is -5.17. The standard InChI is InChI=1S/C19H20N2O4.C18H25NO5.C14H14F3NO4.C8H15NO4/c1-4-6-14-8-9-16(17(11-14)24-3)25-19(23)13(2)21-18(22)15-7-5-10-20-12-15;1-7-8-13-9-10-14(15(11-13)22-6)23-16(20)12(2)19-17(21)24-18(3,4)5;1-3-4-9-5-6-10(21-12(19)8(2)18)11(7-9)22-13(20)14(15,16)17;1-5(6(10)11)9-7(12)13-8(2,3)4/h4-5,7-13H,1,6H2,2-3H3,(H,21,22);7,9-12H,1,8H2,2-6H3,(H,19,21);3,5-8H,1,4,18H2,2H3;5H,1-4H3,(H,9,12)(H,10,11). The van der Waals surface area contributed by atoms with Gasteiger partial charge >= 0.3 is 48.2 Å². The SMILES string of the molecule is C=CCc1ccc(OC(=O)C(C)N)c(OC(=O)C(F)(F)F)c1.C=CCc1ccc(OC(=O)C(C)NC(=O)OC(C)(C)C)c(OC)c1.C=CCc1ccc(OC(=O)C(C)NC(=O)c2cccnc2)c(OC)c1.CC(NC(=O)OC(C)(C)C)C(=O)O. The van der Waals surface area contributed by atoms with Crippen molar-refractivity contribution in [3.05, 3.63) is 139 Å². The fourth-order valence-electron chi connectivity index (χ4n) is 5.87. The lowest BCUT2D eigenvalue weighted by molar-refractivity contribution is -0.189. The molecule has 4 atom stereocenters. The highest BCUT2D eigenvalue weighted by atomic mass is 19.4. The second-order valence-electron chi connectivity index (χ2n) is 19.7. The van der Waals surface area contributed by atoms with E-state index in [1.54, 1.807) is 103 Å². The number of ether oxygens (including phenoxy) is 8. The van der Waals surface area contributed by atoms with Gasteiger partial charge in [-0.3, -0.25) is 14.6 Å². The number of rotatable bonds is 20. The summed E-state index contributed by atoms with van der Waals surface area (Å²) in [5.74, 6) is -5.37. The molecule has 4 rings (SSSR count). The van der Waals surface area contributed by atoms with Crippen LogP contribution in [-0.2, 0) is 52.7 Å². The lowest BCUT2D eigenvalue weighted by Gasteiger charge is -2.21.